The number of halogens is 2. The fourth-order valence-electron chi connectivity index (χ4n) is 5.57. The van der Waals surface area contributed by atoms with E-state index < -0.39 is 0 Å². The van der Waals surface area contributed by atoms with Gasteiger partial charge in [-0.15, -0.1) is 12.4 Å². The van der Waals surface area contributed by atoms with Gasteiger partial charge in [0.15, 0.2) is 0 Å². The Morgan fingerprint density at radius 2 is 1.87 bits per heavy atom. The van der Waals surface area contributed by atoms with Gasteiger partial charge in [0, 0.05) is 23.2 Å². The van der Waals surface area contributed by atoms with Crippen LogP contribution in [0.3, 0.4) is 0 Å². The lowest BCUT2D eigenvalue weighted by Gasteiger charge is -2.52. The topological polar surface area (TPSA) is 32.7 Å². The molecule has 1 saturated heterocycles. The van der Waals surface area contributed by atoms with Crippen LogP contribution in [0.4, 0.5) is 0 Å². The summed E-state index contributed by atoms with van der Waals surface area (Å²) in [5, 5.41) is 11.4. The summed E-state index contributed by atoms with van der Waals surface area (Å²) in [4.78, 5) is 2.57. The molecule has 3 atom stereocenters. The Morgan fingerprint density at radius 3 is 2.57 bits per heavy atom. The summed E-state index contributed by atoms with van der Waals surface area (Å²) in [5.74, 6) is 0.375. The van der Waals surface area contributed by atoms with Crippen molar-refractivity contribution >= 4 is 24.0 Å². The Labute approximate surface area is 191 Å². The predicted octanol–water partition coefficient (Wildman–Crippen LogP) is 5.99. The van der Waals surface area contributed by atoms with Crippen LogP contribution < -0.4 is 0 Å². The Bertz CT molecular complexity index is 886. The second-order valence-corrected chi connectivity index (χ2v) is 9.94. The van der Waals surface area contributed by atoms with E-state index >= 15 is 0 Å². The zero-order valence-corrected chi connectivity index (χ0v) is 19.9. The molecule has 1 N–H and O–H groups in total. The Hall–Kier alpha value is -1.26. The first-order chi connectivity index (χ1) is 13.7. The summed E-state index contributed by atoms with van der Waals surface area (Å²) in [7, 11) is 0. The van der Waals surface area contributed by atoms with Crippen molar-refractivity contribution in [2.45, 2.75) is 64.7 Å². The van der Waals surface area contributed by atoms with Crippen molar-refractivity contribution in [2.24, 2.45) is 5.41 Å². The molecule has 0 amide bonds. The molecule has 0 spiro atoms. The summed E-state index contributed by atoms with van der Waals surface area (Å²) in [6.07, 6.45) is 2.11. The number of ether oxygens (including phenoxy) is 1. The largest absolute Gasteiger partial charge is 0.508 e. The molecule has 30 heavy (non-hydrogen) atoms. The molecule has 0 radical (unpaired) electrons. The number of fused-ring (bicyclic) bond motifs is 2. The minimum Gasteiger partial charge on any atom is -0.508 e. The molecule has 0 bridgehead atoms. The van der Waals surface area contributed by atoms with Crippen LogP contribution in [-0.4, -0.2) is 35.2 Å². The van der Waals surface area contributed by atoms with Gasteiger partial charge in [0.25, 0.3) is 0 Å². The van der Waals surface area contributed by atoms with Crippen LogP contribution in [-0.2, 0) is 23.2 Å². The number of benzene rings is 2. The van der Waals surface area contributed by atoms with Crippen LogP contribution in [0.15, 0.2) is 42.5 Å². The molecule has 0 saturated carbocycles. The molecule has 2 aromatic rings. The maximum atomic E-state index is 10.6. The molecule has 2 aliphatic rings. The number of aromatic hydroxyl groups is 1. The average molecular weight is 450 g/mol. The molecule has 164 valence electrons. The highest BCUT2D eigenvalue weighted by atomic mass is 35.5. The number of phenolic OH excluding ortho intramolecular Hbond substituents is 1. The first-order valence-corrected chi connectivity index (χ1v) is 11.0. The van der Waals surface area contributed by atoms with E-state index in [0.717, 1.165) is 42.1 Å². The van der Waals surface area contributed by atoms with E-state index in [4.69, 9.17) is 16.3 Å². The predicted molar refractivity (Wildman–Crippen MR) is 126 cm³/mol. The third-order valence-corrected chi connectivity index (χ3v) is 7.97. The molecule has 3 nitrogen and oxygen atoms in total. The quantitative estimate of drug-likeness (QED) is 0.608. The maximum Gasteiger partial charge on any atom is 0.119 e. The standard InChI is InChI=1S/C25H32ClNO2.ClH/c1-17(29-16-18-8-6-5-7-9-18)15-27-13-12-25(4)22(27)14-19-21(28)11-10-20(26)23(19)24(25,2)3;/h5-11,17,22,28H,12-16H2,1-4H3;1H/t17-,22-,25+;/m0./s1. The number of nitrogens with zero attached hydrogens (tertiary/aromatic N) is 1. The molecular weight excluding hydrogens is 417 g/mol. The summed E-state index contributed by atoms with van der Waals surface area (Å²) >= 11 is 6.63. The lowest BCUT2D eigenvalue weighted by atomic mass is 9.54. The highest BCUT2D eigenvalue weighted by molar-refractivity contribution is 6.31. The molecule has 2 aromatic carbocycles. The normalized spacial score (nSPS) is 25.8. The van der Waals surface area contributed by atoms with Crippen LogP contribution in [0.1, 0.15) is 50.8 Å². The van der Waals surface area contributed by atoms with Gasteiger partial charge >= 0.3 is 0 Å². The van der Waals surface area contributed by atoms with E-state index in [-0.39, 0.29) is 29.3 Å². The first kappa shape index (κ1) is 23.4. The zero-order chi connectivity index (χ0) is 20.8. The van der Waals surface area contributed by atoms with Crippen LogP contribution >= 0.6 is 24.0 Å². The van der Waals surface area contributed by atoms with Crippen molar-refractivity contribution < 1.29 is 9.84 Å². The fourth-order valence-corrected chi connectivity index (χ4v) is 5.98. The smallest absolute Gasteiger partial charge is 0.119 e. The lowest BCUT2D eigenvalue weighted by Crippen LogP contribution is -2.54. The van der Waals surface area contributed by atoms with E-state index in [1.165, 1.54) is 5.56 Å². The molecule has 1 aliphatic heterocycles. The molecule has 1 fully saturated rings. The second kappa shape index (κ2) is 8.70. The number of hydrogen-bond donors (Lipinski definition) is 1. The average Bonchev–Trinajstić information content (AvgIpc) is 3.01. The first-order valence-electron chi connectivity index (χ1n) is 10.6. The zero-order valence-electron chi connectivity index (χ0n) is 18.3. The van der Waals surface area contributed by atoms with Crippen molar-refractivity contribution in [1.82, 2.24) is 4.90 Å². The van der Waals surface area contributed by atoms with Gasteiger partial charge in [-0.2, -0.15) is 0 Å². The molecular formula is C25H33Cl2NO2. The minimum absolute atomic E-state index is 0. The molecule has 0 aromatic heterocycles. The third kappa shape index (κ3) is 3.86. The Balaban J connectivity index is 0.00000256. The van der Waals surface area contributed by atoms with Crippen molar-refractivity contribution in [3.05, 3.63) is 64.2 Å². The summed E-state index contributed by atoms with van der Waals surface area (Å²) in [6, 6.07) is 14.3. The van der Waals surface area contributed by atoms with Crippen molar-refractivity contribution in [1.29, 1.82) is 0 Å². The lowest BCUT2D eigenvalue weighted by molar-refractivity contribution is 0.00735. The van der Waals surface area contributed by atoms with Gasteiger partial charge in [-0.25, -0.2) is 0 Å². The van der Waals surface area contributed by atoms with Gasteiger partial charge in [-0.05, 0) is 60.4 Å². The van der Waals surface area contributed by atoms with Gasteiger partial charge in [0.05, 0.1) is 12.7 Å². The SMILES string of the molecule is C[C@@H](CN1CC[C@]2(C)[C@@H]1Cc1c(O)ccc(Cl)c1C2(C)C)OCc1ccccc1.Cl. The van der Waals surface area contributed by atoms with E-state index in [2.05, 4.69) is 56.9 Å². The van der Waals surface area contributed by atoms with Crippen molar-refractivity contribution in [3.63, 3.8) is 0 Å². The van der Waals surface area contributed by atoms with Gasteiger partial charge < -0.3 is 9.84 Å². The van der Waals surface area contributed by atoms with E-state index in [1.807, 2.05) is 12.1 Å². The highest BCUT2D eigenvalue weighted by Crippen LogP contribution is 2.58. The van der Waals surface area contributed by atoms with E-state index in [0.29, 0.717) is 18.4 Å². The molecule has 0 unspecified atom stereocenters. The molecule has 1 aliphatic carbocycles. The summed E-state index contributed by atoms with van der Waals surface area (Å²) < 4.78 is 6.15. The van der Waals surface area contributed by atoms with Gasteiger partial charge in [-0.1, -0.05) is 62.7 Å². The highest BCUT2D eigenvalue weighted by Gasteiger charge is 2.57. The molecule has 1 heterocycles. The Morgan fingerprint density at radius 1 is 1.17 bits per heavy atom. The van der Waals surface area contributed by atoms with Crippen molar-refractivity contribution in [2.75, 3.05) is 13.1 Å². The number of hydrogen-bond acceptors (Lipinski definition) is 3. The summed E-state index contributed by atoms with van der Waals surface area (Å²) in [6.45, 7) is 11.7. The van der Waals surface area contributed by atoms with Gasteiger partial charge in [0.1, 0.15) is 5.75 Å². The van der Waals surface area contributed by atoms with E-state index in [9.17, 15) is 5.11 Å². The number of rotatable bonds is 5. The van der Waals surface area contributed by atoms with E-state index in [1.54, 1.807) is 6.07 Å². The minimum atomic E-state index is -0.107. The fraction of sp³-hybridized carbons (Fsp3) is 0.520. The monoisotopic (exact) mass is 449 g/mol. The van der Waals surface area contributed by atoms with Crippen molar-refractivity contribution in [3.8, 4) is 5.75 Å². The number of phenols is 1. The van der Waals surface area contributed by atoms with Gasteiger partial charge in [0.2, 0.25) is 0 Å². The van der Waals surface area contributed by atoms with Crippen LogP contribution in [0.5, 0.6) is 5.75 Å². The van der Waals surface area contributed by atoms with Crippen LogP contribution in [0, 0.1) is 5.41 Å². The second-order valence-electron chi connectivity index (χ2n) is 9.53. The molecule has 5 heteroatoms. The van der Waals surface area contributed by atoms with Crippen LogP contribution in [0.25, 0.3) is 0 Å². The van der Waals surface area contributed by atoms with Gasteiger partial charge in [-0.3, -0.25) is 4.90 Å². The summed E-state index contributed by atoms with van der Waals surface area (Å²) in [5.41, 5.74) is 3.36. The van der Waals surface area contributed by atoms with Crippen LogP contribution in [0.2, 0.25) is 5.02 Å². The maximum absolute atomic E-state index is 10.6. The Kier molecular flexibility index (Phi) is 6.79. The molecule has 4 rings (SSSR count). The number of likely N-dealkylation sites (tertiary alicyclic amines) is 1. The third-order valence-electron chi connectivity index (χ3n) is 7.65.